The molecule has 1 aliphatic rings. The Bertz CT molecular complexity index is 236. The van der Waals surface area contributed by atoms with Gasteiger partial charge in [0.05, 0.1) is 13.2 Å². The first kappa shape index (κ1) is 14.4. The van der Waals surface area contributed by atoms with E-state index in [2.05, 4.69) is 11.8 Å². The fourth-order valence-electron chi connectivity index (χ4n) is 2.30. The standard InChI is InChI=1S/C12H24N2O3/c1-3-11-9-13(10-12(15)16)5-6-14(11)7-8-17-4-2/h11H,3-10H2,1-2H3,(H,15,16)/t11-/m0/s1. The second-order valence-corrected chi connectivity index (χ2v) is 4.42. The highest BCUT2D eigenvalue weighted by Gasteiger charge is 2.26. The van der Waals surface area contributed by atoms with E-state index in [1.807, 2.05) is 11.8 Å². The van der Waals surface area contributed by atoms with Gasteiger partial charge in [0.1, 0.15) is 0 Å². The highest BCUT2D eigenvalue weighted by Crippen LogP contribution is 2.12. The van der Waals surface area contributed by atoms with Gasteiger partial charge in [-0.05, 0) is 13.3 Å². The number of carboxylic acids is 1. The van der Waals surface area contributed by atoms with Crippen LogP contribution in [0.4, 0.5) is 0 Å². The Morgan fingerprint density at radius 1 is 1.41 bits per heavy atom. The summed E-state index contributed by atoms with van der Waals surface area (Å²) in [6.45, 7) is 9.44. The lowest BCUT2D eigenvalue weighted by molar-refractivity contribution is -0.139. The number of hydrogen-bond acceptors (Lipinski definition) is 4. The van der Waals surface area contributed by atoms with Crippen molar-refractivity contribution in [2.45, 2.75) is 26.3 Å². The predicted octanol–water partition coefficient (Wildman–Crippen LogP) is 0.504. The lowest BCUT2D eigenvalue weighted by atomic mass is 10.1. The van der Waals surface area contributed by atoms with E-state index in [-0.39, 0.29) is 6.54 Å². The van der Waals surface area contributed by atoms with Crippen LogP contribution in [0.3, 0.4) is 0 Å². The Labute approximate surface area is 103 Å². The van der Waals surface area contributed by atoms with Crippen LogP contribution in [0.5, 0.6) is 0 Å². The van der Waals surface area contributed by atoms with Gasteiger partial charge in [0.25, 0.3) is 0 Å². The Morgan fingerprint density at radius 3 is 2.76 bits per heavy atom. The summed E-state index contributed by atoms with van der Waals surface area (Å²) in [5, 5.41) is 8.79. The lowest BCUT2D eigenvalue weighted by Crippen LogP contribution is -2.54. The molecule has 1 N–H and O–H groups in total. The molecule has 1 fully saturated rings. The van der Waals surface area contributed by atoms with E-state index in [1.165, 1.54) is 0 Å². The third-order valence-corrected chi connectivity index (χ3v) is 3.25. The predicted molar refractivity (Wildman–Crippen MR) is 66.2 cm³/mol. The SMILES string of the molecule is CCOCCN1CCN(CC(=O)O)C[C@@H]1CC. The molecular weight excluding hydrogens is 220 g/mol. The number of aliphatic carboxylic acids is 1. The van der Waals surface area contributed by atoms with Crippen LogP contribution in [0.2, 0.25) is 0 Å². The Morgan fingerprint density at radius 2 is 2.18 bits per heavy atom. The largest absolute Gasteiger partial charge is 0.480 e. The number of nitrogens with zero attached hydrogens (tertiary/aromatic N) is 2. The first-order chi connectivity index (χ1) is 8.17. The van der Waals surface area contributed by atoms with Crippen molar-refractivity contribution in [3.63, 3.8) is 0 Å². The van der Waals surface area contributed by atoms with Gasteiger partial charge < -0.3 is 9.84 Å². The Hall–Kier alpha value is -0.650. The van der Waals surface area contributed by atoms with Crippen molar-refractivity contribution in [2.75, 3.05) is 45.9 Å². The third-order valence-electron chi connectivity index (χ3n) is 3.25. The van der Waals surface area contributed by atoms with Gasteiger partial charge in [0, 0.05) is 38.8 Å². The van der Waals surface area contributed by atoms with Crippen LogP contribution in [0, 0.1) is 0 Å². The Kier molecular flexibility index (Phi) is 6.47. The van der Waals surface area contributed by atoms with Crippen molar-refractivity contribution in [3.8, 4) is 0 Å². The Balaban J connectivity index is 2.35. The zero-order valence-electron chi connectivity index (χ0n) is 10.9. The molecule has 1 aliphatic heterocycles. The normalized spacial score (nSPS) is 22.8. The fourth-order valence-corrected chi connectivity index (χ4v) is 2.30. The maximum Gasteiger partial charge on any atom is 0.317 e. The van der Waals surface area contributed by atoms with Crippen molar-refractivity contribution in [1.29, 1.82) is 0 Å². The van der Waals surface area contributed by atoms with E-state index in [4.69, 9.17) is 9.84 Å². The van der Waals surface area contributed by atoms with E-state index < -0.39 is 5.97 Å². The summed E-state index contributed by atoms with van der Waals surface area (Å²) in [6, 6.07) is 0.462. The second-order valence-electron chi connectivity index (χ2n) is 4.42. The summed E-state index contributed by atoms with van der Waals surface area (Å²) >= 11 is 0. The van der Waals surface area contributed by atoms with E-state index >= 15 is 0 Å². The van der Waals surface area contributed by atoms with Crippen LogP contribution in [-0.2, 0) is 9.53 Å². The minimum atomic E-state index is -0.734. The minimum Gasteiger partial charge on any atom is -0.480 e. The molecule has 1 atom stereocenters. The summed E-state index contributed by atoms with van der Waals surface area (Å²) in [6.07, 6.45) is 1.06. The van der Waals surface area contributed by atoms with Crippen LogP contribution in [0.25, 0.3) is 0 Å². The molecule has 5 nitrogen and oxygen atoms in total. The van der Waals surface area contributed by atoms with Crippen LogP contribution < -0.4 is 0 Å². The van der Waals surface area contributed by atoms with Crippen molar-refractivity contribution in [1.82, 2.24) is 9.80 Å². The molecule has 0 radical (unpaired) electrons. The van der Waals surface area contributed by atoms with Gasteiger partial charge in [0.15, 0.2) is 0 Å². The number of ether oxygens (including phenoxy) is 1. The van der Waals surface area contributed by atoms with Crippen LogP contribution in [-0.4, -0.2) is 72.9 Å². The third kappa shape index (κ3) is 5.02. The summed E-state index contributed by atoms with van der Waals surface area (Å²) in [5.41, 5.74) is 0. The van der Waals surface area contributed by atoms with E-state index in [1.54, 1.807) is 0 Å². The molecule has 0 spiro atoms. The maximum atomic E-state index is 10.7. The molecule has 1 saturated heterocycles. The molecule has 17 heavy (non-hydrogen) atoms. The average molecular weight is 244 g/mol. The topological polar surface area (TPSA) is 53.0 Å². The van der Waals surface area contributed by atoms with Gasteiger partial charge in [0.2, 0.25) is 0 Å². The molecule has 1 heterocycles. The van der Waals surface area contributed by atoms with Crippen LogP contribution >= 0.6 is 0 Å². The highest BCUT2D eigenvalue weighted by atomic mass is 16.5. The van der Waals surface area contributed by atoms with Gasteiger partial charge in [-0.25, -0.2) is 0 Å². The fraction of sp³-hybridized carbons (Fsp3) is 0.917. The molecule has 0 aromatic heterocycles. The number of rotatable bonds is 7. The number of carbonyl (C=O) groups is 1. The summed E-state index contributed by atoms with van der Waals surface area (Å²) < 4.78 is 5.37. The van der Waals surface area contributed by atoms with E-state index in [0.29, 0.717) is 6.04 Å². The molecular formula is C12H24N2O3. The molecule has 0 aromatic carbocycles. The summed E-state index contributed by atoms with van der Waals surface area (Å²) in [7, 11) is 0. The number of piperazine rings is 1. The smallest absolute Gasteiger partial charge is 0.317 e. The molecule has 0 amide bonds. The molecule has 1 rings (SSSR count). The summed E-state index contributed by atoms with van der Waals surface area (Å²) in [4.78, 5) is 15.1. The molecule has 0 unspecified atom stereocenters. The first-order valence-corrected chi connectivity index (χ1v) is 6.43. The zero-order valence-corrected chi connectivity index (χ0v) is 10.9. The van der Waals surface area contributed by atoms with Crippen molar-refractivity contribution in [2.24, 2.45) is 0 Å². The summed E-state index contributed by atoms with van der Waals surface area (Å²) in [5.74, 6) is -0.734. The van der Waals surface area contributed by atoms with Gasteiger partial charge in [-0.3, -0.25) is 14.6 Å². The van der Waals surface area contributed by atoms with Crippen LogP contribution in [0.15, 0.2) is 0 Å². The van der Waals surface area contributed by atoms with Crippen molar-refractivity contribution >= 4 is 5.97 Å². The molecule has 0 bridgehead atoms. The molecule has 0 aromatic rings. The van der Waals surface area contributed by atoms with Gasteiger partial charge in [-0.2, -0.15) is 0 Å². The molecule has 0 aliphatic carbocycles. The second kappa shape index (κ2) is 7.63. The number of hydrogen-bond donors (Lipinski definition) is 1. The van der Waals surface area contributed by atoms with Crippen molar-refractivity contribution < 1.29 is 14.6 Å². The van der Waals surface area contributed by atoms with Gasteiger partial charge >= 0.3 is 5.97 Å². The van der Waals surface area contributed by atoms with Gasteiger partial charge in [-0.1, -0.05) is 6.92 Å². The van der Waals surface area contributed by atoms with Gasteiger partial charge in [-0.15, -0.1) is 0 Å². The maximum absolute atomic E-state index is 10.7. The lowest BCUT2D eigenvalue weighted by Gasteiger charge is -2.40. The molecule has 5 heteroatoms. The quantitative estimate of drug-likeness (QED) is 0.661. The molecule has 100 valence electrons. The van der Waals surface area contributed by atoms with E-state index in [0.717, 1.165) is 45.8 Å². The van der Waals surface area contributed by atoms with Crippen molar-refractivity contribution in [3.05, 3.63) is 0 Å². The first-order valence-electron chi connectivity index (χ1n) is 6.43. The van der Waals surface area contributed by atoms with E-state index in [9.17, 15) is 4.79 Å². The molecule has 0 saturated carbocycles. The number of carboxylic acid groups (broad SMARTS) is 1. The minimum absolute atomic E-state index is 0.163. The van der Waals surface area contributed by atoms with Crippen LogP contribution in [0.1, 0.15) is 20.3 Å². The average Bonchev–Trinajstić information content (AvgIpc) is 2.30. The highest BCUT2D eigenvalue weighted by molar-refractivity contribution is 5.69. The monoisotopic (exact) mass is 244 g/mol. The zero-order chi connectivity index (χ0) is 12.7.